The Hall–Kier alpha value is -2.92. The molecule has 0 radical (unpaired) electrons. The van der Waals surface area contributed by atoms with Gasteiger partial charge in [0.15, 0.2) is 6.10 Å². The second-order valence-electron chi connectivity index (χ2n) is 20.6. The van der Waals surface area contributed by atoms with E-state index in [-0.39, 0.29) is 25.2 Å². The van der Waals surface area contributed by atoms with Crippen molar-refractivity contribution in [2.75, 3.05) is 19.8 Å². The maximum absolute atomic E-state index is 12.9. The van der Waals surface area contributed by atoms with Crippen LogP contribution in [0.3, 0.4) is 0 Å². The molecule has 5 heteroatoms. The number of carbonyl (C=O) groups excluding carboxylic acids is 2. The SMILES string of the molecule is CC/C=C\C/C=C\C/C=C\C/C=C\CCCCCCCCC(=O)OCC(COCCCCCCCCCC/C=C\CCCCCCCC)OC(=O)CCCCCCCCCCC/C=C\C/C=C\CCCCC. The Kier molecular flexibility index (Phi) is 59.8. The molecule has 0 N–H and O–H groups in total. The van der Waals surface area contributed by atoms with Gasteiger partial charge in [0.1, 0.15) is 6.61 Å². The molecule has 0 aliphatic carbocycles. The Balaban J connectivity index is 4.32. The van der Waals surface area contributed by atoms with Crippen molar-refractivity contribution < 1.29 is 23.8 Å². The topological polar surface area (TPSA) is 61.8 Å². The van der Waals surface area contributed by atoms with E-state index < -0.39 is 6.10 Å². The number of unbranched alkanes of at least 4 members (excludes halogenated alkanes) is 32. The Labute approximate surface area is 448 Å². The molecule has 0 amide bonds. The Bertz CT molecular complexity index is 1320. The van der Waals surface area contributed by atoms with Crippen molar-refractivity contribution >= 4 is 11.9 Å². The molecule has 0 bridgehead atoms. The highest BCUT2D eigenvalue weighted by atomic mass is 16.6. The number of hydrogen-bond acceptors (Lipinski definition) is 5. The first kappa shape index (κ1) is 69.1. The number of allylic oxidation sites excluding steroid dienone is 14. The van der Waals surface area contributed by atoms with Crippen molar-refractivity contribution in [3.63, 3.8) is 0 Å². The summed E-state index contributed by atoms with van der Waals surface area (Å²) in [5.41, 5.74) is 0. The van der Waals surface area contributed by atoms with E-state index in [0.717, 1.165) is 89.9 Å². The van der Waals surface area contributed by atoms with E-state index in [9.17, 15) is 9.59 Å². The normalized spacial score (nSPS) is 12.8. The van der Waals surface area contributed by atoms with Gasteiger partial charge in [-0.1, -0.05) is 260 Å². The van der Waals surface area contributed by atoms with E-state index in [1.165, 1.54) is 180 Å². The van der Waals surface area contributed by atoms with E-state index in [4.69, 9.17) is 14.2 Å². The van der Waals surface area contributed by atoms with Gasteiger partial charge in [0.2, 0.25) is 0 Å². The van der Waals surface area contributed by atoms with Crippen LogP contribution >= 0.6 is 0 Å². The first-order valence-electron chi connectivity index (χ1n) is 31.1. The number of rotatable bonds is 57. The van der Waals surface area contributed by atoms with Gasteiger partial charge in [0, 0.05) is 19.4 Å². The van der Waals surface area contributed by atoms with E-state index >= 15 is 0 Å². The zero-order valence-corrected chi connectivity index (χ0v) is 47.9. The largest absolute Gasteiger partial charge is 0.462 e. The second kappa shape index (κ2) is 62.4. The highest BCUT2D eigenvalue weighted by molar-refractivity contribution is 5.70. The molecule has 416 valence electrons. The predicted molar refractivity (Wildman–Crippen MR) is 316 cm³/mol. The summed E-state index contributed by atoms with van der Waals surface area (Å²) in [5.74, 6) is -0.411. The maximum Gasteiger partial charge on any atom is 0.306 e. The fourth-order valence-electron chi connectivity index (χ4n) is 8.76. The van der Waals surface area contributed by atoms with Gasteiger partial charge >= 0.3 is 11.9 Å². The third kappa shape index (κ3) is 59.6. The summed E-state index contributed by atoms with van der Waals surface area (Å²) >= 11 is 0. The van der Waals surface area contributed by atoms with Crippen LogP contribution in [-0.4, -0.2) is 37.9 Å². The molecule has 0 spiro atoms. The first-order valence-corrected chi connectivity index (χ1v) is 31.1. The number of carbonyl (C=O) groups is 2. The third-order valence-corrected chi connectivity index (χ3v) is 13.4. The molecule has 0 aromatic carbocycles. The van der Waals surface area contributed by atoms with Crippen LogP contribution in [-0.2, 0) is 23.8 Å². The quantitative estimate of drug-likeness (QED) is 0.0345. The van der Waals surface area contributed by atoms with Gasteiger partial charge < -0.3 is 14.2 Å². The highest BCUT2D eigenvalue weighted by Crippen LogP contribution is 2.15. The van der Waals surface area contributed by atoms with Crippen LogP contribution in [0.25, 0.3) is 0 Å². The Morgan fingerprint density at radius 1 is 0.319 bits per heavy atom. The van der Waals surface area contributed by atoms with Crippen LogP contribution in [0.5, 0.6) is 0 Å². The van der Waals surface area contributed by atoms with Gasteiger partial charge in [0.05, 0.1) is 6.61 Å². The van der Waals surface area contributed by atoms with Gasteiger partial charge in [-0.15, -0.1) is 0 Å². The van der Waals surface area contributed by atoms with Gasteiger partial charge in [-0.2, -0.15) is 0 Å². The predicted octanol–water partition coefficient (Wildman–Crippen LogP) is 21.6. The average molecular weight is 1000 g/mol. The summed E-state index contributed by atoms with van der Waals surface area (Å²) in [7, 11) is 0. The molecule has 1 unspecified atom stereocenters. The fraction of sp³-hybridized carbons (Fsp3) is 0.761. The Morgan fingerprint density at radius 2 is 0.625 bits per heavy atom. The van der Waals surface area contributed by atoms with Gasteiger partial charge in [-0.25, -0.2) is 0 Å². The molecular weight excluding hydrogens is 885 g/mol. The van der Waals surface area contributed by atoms with E-state index in [2.05, 4.69) is 106 Å². The van der Waals surface area contributed by atoms with Crippen molar-refractivity contribution in [2.45, 2.75) is 309 Å². The molecular formula is C67H118O5. The zero-order chi connectivity index (χ0) is 52.0. The van der Waals surface area contributed by atoms with Crippen LogP contribution in [0.4, 0.5) is 0 Å². The molecule has 0 aliphatic rings. The summed E-state index contributed by atoms with van der Waals surface area (Å²) in [4.78, 5) is 25.6. The molecule has 0 saturated heterocycles. The molecule has 5 nitrogen and oxygen atoms in total. The number of ether oxygens (including phenoxy) is 3. The summed E-state index contributed by atoms with van der Waals surface area (Å²) in [6.45, 7) is 7.70. The third-order valence-electron chi connectivity index (χ3n) is 13.4. The summed E-state index contributed by atoms with van der Waals surface area (Å²) < 4.78 is 17.5. The van der Waals surface area contributed by atoms with E-state index in [1.54, 1.807) is 0 Å². The van der Waals surface area contributed by atoms with Gasteiger partial charge in [0.25, 0.3) is 0 Å². The minimum Gasteiger partial charge on any atom is -0.462 e. The lowest BCUT2D eigenvalue weighted by molar-refractivity contribution is -0.163. The highest BCUT2D eigenvalue weighted by Gasteiger charge is 2.17. The van der Waals surface area contributed by atoms with Crippen LogP contribution in [0.2, 0.25) is 0 Å². The lowest BCUT2D eigenvalue weighted by Crippen LogP contribution is -2.30. The standard InChI is InChI=1S/C67H118O5/c1-4-7-10-13-16-19-22-25-28-31-34-36-39-42-45-48-51-54-57-60-66(68)71-64-65(63-70-62-59-56-53-50-47-44-41-38-33-30-27-24-21-18-15-12-9-6-3)72-67(69)61-58-55-52-49-46-43-40-37-35-32-29-26-23-20-17-14-11-8-5-2/h7,10,16-17,19-20,25-30,34,36,65H,4-6,8-9,11-15,18,21-24,31-33,35,37-64H2,1-3H3/b10-7-,19-16-,20-17-,28-25-,29-26-,30-27-,36-34-. The summed E-state index contributed by atoms with van der Waals surface area (Å²) in [5, 5.41) is 0. The minimum absolute atomic E-state index is 0.0730. The van der Waals surface area contributed by atoms with E-state index in [1.807, 2.05) is 0 Å². The fourth-order valence-corrected chi connectivity index (χ4v) is 8.76. The number of esters is 2. The molecule has 0 rings (SSSR count). The van der Waals surface area contributed by atoms with Crippen LogP contribution in [0, 0.1) is 0 Å². The summed E-state index contributed by atoms with van der Waals surface area (Å²) in [6, 6.07) is 0. The van der Waals surface area contributed by atoms with Gasteiger partial charge in [-0.3, -0.25) is 9.59 Å². The summed E-state index contributed by atoms with van der Waals surface area (Å²) in [6.07, 6.45) is 83.2. The molecule has 0 aromatic heterocycles. The minimum atomic E-state index is -0.551. The molecule has 0 aliphatic heterocycles. The monoisotopic (exact) mass is 1000 g/mol. The van der Waals surface area contributed by atoms with Crippen LogP contribution in [0.1, 0.15) is 303 Å². The molecule has 72 heavy (non-hydrogen) atoms. The molecule has 0 aromatic rings. The second-order valence-corrected chi connectivity index (χ2v) is 20.6. The molecule has 0 heterocycles. The van der Waals surface area contributed by atoms with Crippen molar-refractivity contribution in [3.05, 3.63) is 85.1 Å². The van der Waals surface area contributed by atoms with Crippen LogP contribution < -0.4 is 0 Å². The lowest BCUT2D eigenvalue weighted by atomic mass is 10.1. The lowest BCUT2D eigenvalue weighted by Gasteiger charge is -2.18. The molecule has 0 saturated carbocycles. The molecule has 0 fully saturated rings. The van der Waals surface area contributed by atoms with Crippen molar-refractivity contribution in [3.8, 4) is 0 Å². The van der Waals surface area contributed by atoms with Crippen molar-refractivity contribution in [2.24, 2.45) is 0 Å². The van der Waals surface area contributed by atoms with E-state index in [0.29, 0.717) is 19.4 Å². The van der Waals surface area contributed by atoms with Crippen molar-refractivity contribution in [1.29, 1.82) is 0 Å². The maximum atomic E-state index is 12.9. The first-order chi connectivity index (χ1) is 35.6. The van der Waals surface area contributed by atoms with Crippen LogP contribution in [0.15, 0.2) is 85.1 Å². The number of hydrogen-bond donors (Lipinski definition) is 0. The van der Waals surface area contributed by atoms with Gasteiger partial charge in [-0.05, 0) is 116 Å². The molecule has 1 atom stereocenters. The zero-order valence-electron chi connectivity index (χ0n) is 47.9. The average Bonchev–Trinajstić information content (AvgIpc) is 3.38. The Morgan fingerprint density at radius 3 is 1.04 bits per heavy atom. The smallest absolute Gasteiger partial charge is 0.306 e. The van der Waals surface area contributed by atoms with Crippen molar-refractivity contribution in [1.82, 2.24) is 0 Å².